The minimum Gasteiger partial charge on any atom is -0.382 e. The normalized spacial score (nSPS) is 11.5. The monoisotopic (exact) mass is 382 g/mol. The van der Waals surface area contributed by atoms with Gasteiger partial charge in [-0.05, 0) is 37.7 Å². The molecule has 152 valence electrons. The van der Waals surface area contributed by atoms with Crippen LogP contribution in [-0.2, 0) is 28.4 Å². The summed E-state index contributed by atoms with van der Waals surface area (Å²) in [6, 6.07) is 0. The molecule has 0 aliphatic heterocycles. The molecule has 0 aromatic carbocycles. The third kappa shape index (κ3) is 20.4. The molecule has 0 N–H and O–H groups in total. The summed E-state index contributed by atoms with van der Waals surface area (Å²) in [5, 5.41) is 0. The lowest BCUT2D eigenvalue weighted by molar-refractivity contribution is 0.0703. The van der Waals surface area contributed by atoms with Crippen LogP contribution >= 0.6 is 7.92 Å². The molecule has 0 fully saturated rings. The van der Waals surface area contributed by atoms with Gasteiger partial charge in [0.25, 0.3) is 0 Å². The van der Waals surface area contributed by atoms with Gasteiger partial charge in [-0.25, -0.2) is 0 Å². The average Bonchev–Trinajstić information content (AvgIpc) is 2.63. The molecule has 0 aliphatic rings. The molecule has 0 spiro atoms. The summed E-state index contributed by atoms with van der Waals surface area (Å²) in [7, 11) is 5.13. The standard InChI is InChI=1S/C18H39O6P/c1-19-10-13-22-7-4-16-25(17-5-8-23-14-11-20-2)18-6-9-24-15-12-21-3/h4-18H2,1-3H3. The predicted octanol–water partition coefficient (Wildman–Crippen LogP) is 2.63. The summed E-state index contributed by atoms with van der Waals surface area (Å²) in [5.41, 5.74) is 0. The van der Waals surface area contributed by atoms with Gasteiger partial charge in [0.2, 0.25) is 0 Å². The van der Waals surface area contributed by atoms with E-state index in [2.05, 4.69) is 0 Å². The van der Waals surface area contributed by atoms with Gasteiger partial charge in [-0.15, -0.1) is 7.92 Å². The SMILES string of the molecule is COCCOCCCP(CCCOCCOC)CCCOCCOC. The van der Waals surface area contributed by atoms with Crippen molar-refractivity contribution >= 4 is 7.92 Å². The van der Waals surface area contributed by atoms with E-state index < -0.39 is 0 Å². The molecule has 0 aliphatic carbocycles. The molecule has 0 heterocycles. The molecule has 0 aromatic rings. The van der Waals surface area contributed by atoms with Gasteiger partial charge in [-0.3, -0.25) is 0 Å². The van der Waals surface area contributed by atoms with E-state index in [1.807, 2.05) is 0 Å². The van der Waals surface area contributed by atoms with Gasteiger partial charge < -0.3 is 28.4 Å². The second-order valence-corrected chi connectivity index (χ2v) is 8.40. The largest absolute Gasteiger partial charge is 0.382 e. The highest BCUT2D eigenvalue weighted by Gasteiger charge is 2.08. The molecular formula is C18H39O6P. The van der Waals surface area contributed by atoms with Crippen LogP contribution < -0.4 is 0 Å². The Hall–Kier alpha value is 0.190. The maximum Gasteiger partial charge on any atom is 0.0700 e. The summed E-state index contributed by atoms with van der Waals surface area (Å²) >= 11 is 0. The number of methoxy groups -OCH3 is 3. The molecule has 0 saturated heterocycles. The van der Waals surface area contributed by atoms with Crippen molar-refractivity contribution in [3.8, 4) is 0 Å². The third-order valence-electron chi connectivity index (χ3n) is 3.58. The van der Waals surface area contributed by atoms with Crippen molar-refractivity contribution in [3.63, 3.8) is 0 Å². The van der Waals surface area contributed by atoms with E-state index in [1.165, 1.54) is 18.5 Å². The van der Waals surface area contributed by atoms with E-state index in [0.717, 1.165) is 39.1 Å². The van der Waals surface area contributed by atoms with Crippen LogP contribution in [0.4, 0.5) is 0 Å². The van der Waals surface area contributed by atoms with Gasteiger partial charge in [0.05, 0.1) is 39.6 Å². The van der Waals surface area contributed by atoms with Crippen molar-refractivity contribution in [2.75, 3.05) is 99.3 Å². The maximum atomic E-state index is 5.57. The summed E-state index contributed by atoms with van der Waals surface area (Å²) in [6.45, 7) is 6.58. The molecular weight excluding hydrogens is 343 g/mol. The highest BCUT2D eigenvalue weighted by molar-refractivity contribution is 7.57. The second-order valence-electron chi connectivity index (χ2n) is 5.72. The van der Waals surface area contributed by atoms with Crippen LogP contribution in [0.1, 0.15) is 19.3 Å². The molecule has 0 amide bonds. The van der Waals surface area contributed by atoms with Crippen LogP contribution in [0.2, 0.25) is 0 Å². The molecule has 0 unspecified atom stereocenters. The Morgan fingerprint density at radius 2 is 0.760 bits per heavy atom. The second kappa shape index (κ2) is 22.2. The van der Waals surface area contributed by atoms with Crippen molar-refractivity contribution in [2.45, 2.75) is 19.3 Å². The molecule has 0 saturated carbocycles. The Balaban J connectivity index is 3.76. The zero-order valence-corrected chi connectivity index (χ0v) is 17.4. The summed E-state index contributed by atoms with van der Waals surface area (Å²) in [6.07, 6.45) is 7.18. The molecule has 25 heavy (non-hydrogen) atoms. The number of hydrogen-bond acceptors (Lipinski definition) is 6. The predicted molar refractivity (Wildman–Crippen MR) is 103 cm³/mol. The first-order valence-corrected chi connectivity index (χ1v) is 11.2. The summed E-state index contributed by atoms with van der Waals surface area (Å²) in [5.74, 6) is 0. The van der Waals surface area contributed by atoms with E-state index >= 15 is 0 Å². The van der Waals surface area contributed by atoms with Crippen molar-refractivity contribution in [2.24, 2.45) is 0 Å². The Kier molecular flexibility index (Phi) is 22.4. The zero-order chi connectivity index (χ0) is 18.4. The number of hydrogen-bond donors (Lipinski definition) is 0. The van der Waals surface area contributed by atoms with Crippen molar-refractivity contribution in [1.29, 1.82) is 0 Å². The molecule has 0 bridgehead atoms. The third-order valence-corrected chi connectivity index (χ3v) is 6.43. The highest BCUT2D eigenvalue weighted by atomic mass is 31.1. The van der Waals surface area contributed by atoms with Gasteiger partial charge >= 0.3 is 0 Å². The summed E-state index contributed by atoms with van der Waals surface area (Å²) in [4.78, 5) is 0. The fourth-order valence-electron chi connectivity index (χ4n) is 2.24. The van der Waals surface area contributed by atoms with Crippen LogP contribution in [0.25, 0.3) is 0 Å². The fourth-order valence-corrected chi connectivity index (χ4v) is 4.64. The Morgan fingerprint density at radius 1 is 0.440 bits per heavy atom. The molecule has 7 heteroatoms. The Bertz CT molecular complexity index is 208. The fraction of sp³-hybridized carbons (Fsp3) is 1.00. The minimum atomic E-state index is 0.0321. The van der Waals surface area contributed by atoms with Crippen LogP contribution in [0.3, 0.4) is 0 Å². The van der Waals surface area contributed by atoms with Crippen LogP contribution in [0, 0.1) is 0 Å². The molecule has 0 atom stereocenters. The maximum absolute atomic E-state index is 5.57. The number of rotatable bonds is 21. The average molecular weight is 382 g/mol. The first kappa shape index (κ1) is 25.2. The van der Waals surface area contributed by atoms with Crippen molar-refractivity contribution in [1.82, 2.24) is 0 Å². The first-order chi connectivity index (χ1) is 12.3. The topological polar surface area (TPSA) is 55.4 Å². The number of ether oxygens (including phenoxy) is 6. The molecule has 0 radical (unpaired) electrons. The quantitative estimate of drug-likeness (QED) is 0.225. The van der Waals surface area contributed by atoms with E-state index in [4.69, 9.17) is 28.4 Å². The van der Waals surface area contributed by atoms with Crippen LogP contribution in [-0.4, -0.2) is 99.3 Å². The van der Waals surface area contributed by atoms with Gasteiger partial charge in [-0.1, -0.05) is 0 Å². The first-order valence-electron chi connectivity index (χ1n) is 9.27. The van der Waals surface area contributed by atoms with E-state index in [0.29, 0.717) is 39.6 Å². The molecule has 6 nitrogen and oxygen atoms in total. The van der Waals surface area contributed by atoms with Crippen LogP contribution in [0.15, 0.2) is 0 Å². The smallest absolute Gasteiger partial charge is 0.0700 e. The Labute approximate surface area is 155 Å². The lowest BCUT2D eigenvalue weighted by Crippen LogP contribution is -2.08. The van der Waals surface area contributed by atoms with Gasteiger partial charge in [-0.2, -0.15) is 0 Å². The Morgan fingerprint density at radius 3 is 1.04 bits per heavy atom. The van der Waals surface area contributed by atoms with Crippen molar-refractivity contribution in [3.05, 3.63) is 0 Å². The van der Waals surface area contributed by atoms with Gasteiger partial charge in [0, 0.05) is 41.2 Å². The van der Waals surface area contributed by atoms with Crippen molar-refractivity contribution < 1.29 is 28.4 Å². The molecule has 0 aromatic heterocycles. The molecule has 0 rings (SSSR count). The van der Waals surface area contributed by atoms with Crippen LogP contribution in [0.5, 0.6) is 0 Å². The minimum absolute atomic E-state index is 0.0321. The zero-order valence-electron chi connectivity index (χ0n) is 16.5. The van der Waals surface area contributed by atoms with E-state index in [9.17, 15) is 0 Å². The van der Waals surface area contributed by atoms with E-state index in [-0.39, 0.29) is 7.92 Å². The van der Waals surface area contributed by atoms with Gasteiger partial charge in [0.15, 0.2) is 0 Å². The van der Waals surface area contributed by atoms with Gasteiger partial charge in [0.1, 0.15) is 0 Å². The lowest BCUT2D eigenvalue weighted by atomic mass is 10.5. The lowest BCUT2D eigenvalue weighted by Gasteiger charge is -2.18. The highest BCUT2D eigenvalue weighted by Crippen LogP contribution is 2.37. The van der Waals surface area contributed by atoms with E-state index in [1.54, 1.807) is 21.3 Å². The summed E-state index contributed by atoms with van der Waals surface area (Å²) < 4.78 is 31.7.